The highest BCUT2D eigenvalue weighted by Crippen LogP contribution is 2.22. The van der Waals surface area contributed by atoms with E-state index in [0.717, 1.165) is 0 Å². The number of benzene rings is 1. The molecule has 1 aromatic heterocycles. The van der Waals surface area contributed by atoms with Crippen molar-refractivity contribution in [1.29, 1.82) is 0 Å². The average molecular weight is 310 g/mol. The molecular weight excluding hydrogens is 298 g/mol. The van der Waals surface area contributed by atoms with E-state index in [4.69, 9.17) is 21.2 Å². The molecule has 3 N–H and O–H groups in total. The summed E-state index contributed by atoms with van der Waals surface area (Å²) in [6.07, 6.45) is 1.51. The first kappa shape index (κ1) is 15.0. The molecule has 7 nitrogen and oxygen atoms in total. The molecule has 21 heavy (non-hydrogen) atoms. The molecule has 0 aliphatic heterocycles. The summed E-state index contributed by atoms with van der Waals surface area (Å²) in [7, 11) is 0. The fourth-order valence-corrected chi connectivity index (χ4v) is 1.75. The molecule has 0 spiro atoms. The number of carboxylic acid groups (broad SMARTS) is 1. The van der Waals surface area contributed by atoms with Gasteiger partial charge in [-0.3, -0.25) is 4.79 Å². The molecule has 0 radical (unpaired) electrons. The lowest BCUT2D eigenvalue weighted by atomic mass is 10.2. The molecule has 0 saturated carbocycles. The molecule has 2 aromatic rings. The van der Waals surface area contributed by atoms with Crippen molar-refractivity contribution < 1.29 is 19.2 Å². The first-order chi connectivity index (χ1) is 10.1. The van der Waals surface area contributed by atoms with Gasteiger partial charge in [-0.2, -0.15) is 0 Å². The van der Waals surface area contributed by atoms with Gasteiger partial charge < -0.3 is 20.3 Å². The molecular formula is C13H12ClN3O4. The van der Waals surface area contributed by atoms with Crippen molar-refractivity contribution in [1.82, 2.24) is 10.5 Å². The zero-order valence-corrected chi connectivity index (χ0v) is 11.6. The van der Waals surface area contributed by atoms with E-state index in [1.165, 1.54) is 24.4 Å². The number of hydrogen-bond donors (Lipinski definition) is 3. The molecule has 110 valence electrons. The highest BCUT2D eigenvalue weighted by Gasteiger charge is 2.10. The minimum Gasteiger partial charge on any atom is -0.478 e. The van der Waals surface area contributed by atoms with E-state index in [1.54, 1.807) is 6.07 Å². The molecule has 0 aliphatic carbocycles. The number of aromatic carboxylic acids is 1. The van der Waals surface area contributed by atoms with Crippen molar-refractivity contribution in [2.24, 2.45) is 0 Å². The van der Waals surface area contributed by atoms with Crippen molar-refractivity contribution in [3.8, 4) is 0 Å². The Hall–Kier alpha value is -2.38. The molecule has 1 aromatic carbocycles. The first-order valence-corrected chi connectivity index (χ1v) is 6.37. The summed E-state index contributed by atoms with van der Waals surface area (Å²) in [4.78, 5) is 22.6. The fraction of sp³-hybridized carbons (Fsp3) is 0.154. The second-order valence-electron chi connectivity index (χ2n) is 4.13. The average Bonchev–Trinajstić information content (AvgIpc) is 2.94. The zero-order valence-electron chi connectivity index (χ0n) is 10.8. The molecule has 0 aliphatic rings. The molecule has 0 fully saturated rings. The van der Waals surface area contributed by atoms with E-state index in [0.29, 0.717) is 12.3 Å². The first-order valence-electron chi connectivity index (χ1n) is 5.99. The van der Waals surface area contributed by atoms with E-state index in [2.05, 4.69) is 15.8 Å². The monoisotopic (exact) mass is 309 g/mol. The Morgan fingerprint density at radius 2 is 2.14 bits per heavy atom. The maximum Gasteiger partial charge on any atom is 0.335 e. The van der Waals surface area contributed by atoms with Crippen molar-refractivity contribution in [3.63, 3.8) is 0 Å². The van der Waals surface area contributed by atoms with Gasteiger partial charge in [-0.05, 0) is 18.2 Å². The SMILES string of the molecule is O=C(CNCc1ccno1)Nc1cc(C(=O)O)ccc1Cl. The Labute approximate surface area is 124 Å². The maximum atomic E-state index is 11.7. The van der Waals surface area contributed by atoms with Crippen LogP contribution in [0.15, 0.2) is 35.0 Å². The smallest absolute Gasteiger partial charge is 0.335 e. The van der Waals surface area contributed by atoms with Crippen LogP contribution >= 0.6 is 11.6 Å². The van der Waals surface area contributed by atoms with E-state index in [-0.39, 0.29) is 28.7 Å². The van der Waals surface area contributed by atoms with Crippen LogP contribution in [0.4, 0.5) is 5.69 Å². The summed E-state index contributed by atoms with van der Waals surface area (Å²) in [5.41, 5.74) is 0.298. The van der Waals surface area contributed by atoms with Gasteiger partial charge in [0.25, 0.3) is 0 Å². The van der Waals surface area contributed by atoms with E-state index in [1.807, 2.05) is 0 Å². The van der Waals surface area contributed by atoms with Crippen LogP contribution in [0.5, 0.6) is 0 Å². The third-order valence-electron chi connectivity index (χ3n) is 2.56. The molecule has 1 heterocycles. The molecule has 0 atom stereocenters. The summed E-state index contributed by atoms with van der Waals surface area (Å²) in [6, 6.07) is 5.77. The molecule has 0 unspecified atom stereocenters. The number of nitrogens with one attached hydrogen (secondary N) is 2. The topological polar surface area (TPSA) is 104 Å². The van der Waals surface area contributed by atoms with Crippen molar-refractivity contribution >= 4 is 29.2 Å². The molecule has 0 saturated heterocycles. The van der Waals surface area contributed by atoms with Gasteiger partial charge >= 0.3 is 5.97 Å². The second kappa shape index (κ2) is 6.87. The molecule has 1 amide bonds. The third kappa shape index (κ3) is 4.30. The molecule has 8 heteroatoms. The summed E-state index contributed by atoms with van der Waals surface area (Å²) in [5.74, 6) is -0.835. The predicted octanol–water partition coefficient (Wildman–Crippen LogP) is 1.75. The van der Waals surface area contributed by atoms with Crippen LogP contribution in [0.3, 0.4) is 0 Å². The summed E-state index contributed by atoms with van der Waals surface area (Å²) in [5, 5.41) is 18.1. The molecule has 2 rings (SSSR count). The van der Waals surface area contributed by atoms with Crippen molar-refractivity contribution in [2.75, 3.05) is 11.9 Å². The highest BCUT2D eigenvalue weighted by atomic mass is 35.5. The van der Waals surface area contributed by atoms with Crippen LogP contribution in [0.1, 0.15) is 16.1 Å². The van der Waals surface area contributed by atoms with E-state index < -0.39 is 5.97 Å². The number of halogens is 1. The Balaban J connectivity index is 1.90. The van der Waals surface area contributed by atoms with Crippen LogP contribution in [-0.2, 0) is 11.3 Å². The van der Waals surface area contributed by atoms with Gasteiger partial charge in [-0.1, -0.05) is 16.8 Å². The van der Waals surface area contributed by atoms with Gasteiger partial charge in [-0.25, -0.2) is 4.79 Å². The predicted molar refractivity (Wildman–Crippen MR) is 75.3 cm³/mol. The van der Waals surface area contributed by atoms with Crippen molar-refractivity contribution in [2.45, 2.75) is 6.54 Å². The standard InChI is InChI=1S/C13H12ClN3O4/c14-10-2-1-8(13(19)20)5-11(10)17-12(18)7-15-6-9-3-4-16-21-9/h1-5,15H,6-7H2,(H,17,18)(H,19,20). The normalized spacial score (nSPS) is 10.3. The Bertz CT molecular complexity index is 643. The quantitative estimate of drug-likeness (QED) is 0.751. The van der Waals surface area contributed by atoms with Crippen LogP contribution < -0.4 is 10.6 Å². The summed E-state index contributed by atoms with van der Waals surface area (Å²) in [6.45, 7) is 0.380. The van der Waals surface area contributed by atoms with Crippen LogP contribution in [0, 0.1) is 0 Å². The van der Waals surface area contributed by atoms with E-state index >= 15 is 0 Å². The van der Waals surface area contributed by atoms with Crippen LogP contribution in [0.2, 0.25) is 5.02 Å². The van der Waals surface area contributed by atoms with Crippen molar-refractivity contribution in [3.05, 3.63) is 46.8 Å². The van der Waals surface area contributed by atoms with Gasteiger partial charge in [0.15, 0.2) is 0 Å². The lowest BCUT2D eigenvalue weighted by Crippen LogP contribution is -2.27. The number of carboxylic acids is 1. The lowest BCUT2D eigenvalue weighted by Gasteiger charge is -2.08. The van der Waals surface area contributed by atoms with Gasteiger partial charge in [0, 0.05) is 6.07 Å². The van der Waals surface area contributed by atoms with Crippen LogP contribution in [-0.4, -0.2) is 28.7 Å². The van der Waals surface area contributed by atoms with Gasteiger partial charge in [0.1, 0.15) is 5.76 Å². The minimum absolute atomic E-state index is 0.0222. The second-order valence-corrected chi connectivity index (χ2v) is 4.54. The minimum atomic E-state index is -1.09. The van der Waals surface area contributed by atoms with Crippen LogP contribution in [0.25, 0.3) is 0 Å². The molecule has 0 bridgehead atoms. The number of rotatable bonds is 6. The number of carbonyl (C=O) groups is 2. The number of aromatic nitrogens is 1. The third-order valence-corrected chi connectivity index (χ3v) is 2.89. The maximum absolute atomic E-state index is 11.7. The highest BCUT2D eigenvalue weighted by molar-refractivity contribution is 6.33. The lowest BCUT2D eigenvalue weighted by molar-refractivity contribution is -0.115. The van der Waals surface area contributed by atoms with Gasteiger partial charge in [0.2, 0.25) is 5.91 Å². The van der Waals surface area contributed by atoms with E-state index in [9.17, 15) is 9.59 Å². The van der Waals surface area contributed by atoms with Gasteiger partial charge in [-0.15, -0.1) is 0 Å². The number of carbonyl (C=O) groups excluding carboxylic acids is 1. The Morgan fingerprint density at radius 1 is 1.33 bits per heavy atom. The largest absolute Gasteiger partial charge is 0.478 e. The number of hydrogen-bond acceptors (Lipinski definition) is 5. The zero-order chi connectivity index (χ0) is 15.2. The Kier molecular flexibility index (Phi) is 4.91. The fourth-order valence-electron chi connectivity index (χ4n) is 1.58. The Morgan fingerprint density at radius 3 is 2.81 bits per heavy atom. The summed E-state index contributed by atoms with van der Waals surface area (Å²) >= 11 is 5.91. The number of amides is 1. The van der Waals surface area contributed by atoms with Gasteiger partial charge in [0.05, 0.1) is 35.6 Å². The number of nitrogens with zero attached hydrogens (tertiary/aromatic N) is 1. The number of anilines is 1. The summed E-state index contributed by atoms with van der Waals surface area (Å²) < 4.78 is 4.86.